The summed E-state index contributed by atoms with van der Waals surface area (Å²) in [5.74, 6) is -0.261. The minimum Gasteiger partial charge on any atom is -0.464 e. The Hall–Kier alpha value is -2.65. The molecule has 7 heteroatoms. The van der Waals surface area contributed by atoms with Gasteiger partial charge in [-0.2, -0.15) is 5.26 Å². The molecule has 0 atom stereocenters. The highest BCUT2D eigenvalue weighted by Gasteiger charge is 2.09. The predicted octanol–water partition coefficient (Wildman–Crippen LogP) is 2.53. The van der Waals surface area contributed by atoms with Gasteiger partial charge in [0.25, 0.3) is 0 Å². The minimum absolute atomic E-state index is 0.0741. The van der Waals surface area contributed by atoms with Gasteiger partial charge in [-0.05, 0) is 18.2 Å². The number of nitrogens with one attached hydrogen (secondary N) is 1. The molecule has 0 aliphatic rings. The third kappa shape index (κ3) is 3.02. The number of aromatic nitrogens is 2. The lowest BCUT2D eigenvalue weighted by molar-refractivity contribution is 0.0593. The fraction of sp³-hybridized carbons (Fsp3) is 0.0769. The lowest BCUT2D eigenvalue weighted by atomic mass is 10.2. The van der Waals surface area contributed by atoms with Gasteiger partial charge >= 0.3 is 5.97 Å². The third-order valence-corrected chi connectivity index (χ3v) is 2.72. The Kier molecular flexibility index (Phi) is 4.13. The van der Waals surface area contributed by atoms with Gasteiger partial charge in [-0.3, -0.25) is 4.98 Å². The van der Waals surface area contributed by atoms with Gasteiger partial charge in [-0.25, -0.2) is 9.78 Å². The fourth-order valence-electron chi connectivity index (χ4n) is 1.46. The number of carbonyl (C=O) groups excluding carboxylic acids is 1. The zero-order chi connectivity index (χ0) is 14.5. The van der Waals surface area contributed by atoms with E-state index in [0.29, 0.717) is 22.1 Å². The van der Waals surface area contributed by atoms with Gasteiger partial charge in [0, 0.05) is 0 Å². The quantitative estimate of drug-likeness (QED) is 0.873. The number of anilines is 2. The maximum Gasteiger partial charge on any atom is 0.358 e. The molecule has 6 nitrogen and oxygen atoms in total. The van der Waals surface area contributed by atoms with Crippen molar-refractivity contribution in [1.82, 2.24) is 9.97 Å². The van der Waals surface area contributed by atoms with Crippen LogP contribution in [0.1, 0.15) is 16.1 Å². The number of esters is 1. The lowest BCUT2D eigenvalue weighted by Crippen LogP contribution is -2.06. The maximum atomic E-state index is 11.4. The van der Waals surface area contributed by atoms with Crippen LogP contribution in [0.5, 0.6) is 0 Å². The molecule has 0 fully saturated rings. The van der Waals surface area contributed by atoms with E-state index in [-0.39, 0.29) is 5.69 Å². The van der Waals surface area contributed by atoms with Gasteiger partial charge in [0.05, 0.1) is 41.8 Å². The molecule has 0 aliphatic carbocycles. The number of nitriles is 1. The average molecular weight is 289 g/mol. The standard InChI is InChI=1S/C13H9ClN4O2/c1-20-13(19)11-6-16-7-12(18-11)17-10-4-8(5-15)2-3-9(10)14/h2-4,6-7H,1H3,(H,17,18). The Morgan fingerprint density at radius 3 is 2.95 bits per heavy atom. The molecule has 100 valence electrons. The van der Waals surface area contributed by atoms with Crippen molar-refractivity contribution in [3.8, 4) is 6.07 Å². The highest BCUT2D eigenvalue weighted by molar-refractivity contribution is 6.33. The molecule has 0 amide bonds. The van der Waals surface area contributed by atoms with Crippen LogP contribution >= 0.6 is 11.6 Å². The van der Waals surface area contributed by atoms with Crippen LogP contribution in [0.25, 0.3) is 0 Å². The van der Waals surface area contributed by atoms with Crippen molar-refractivity contribution < 1.29 is 9.53 Å². The van der Waals surface area contributed by atoms with Crippen molar-refractivity contribution in [2.75, 3.05) is 12.4 Å². The monoisotopic (exact) mass is 288 g/mol. The lowest BCUT2D eigenvalue weighted by Gasteiger charge is -2.08. The van der Waals surface area contributed by atoms with E-state index < -0.39 is 5.97 Å². The Morgan fingerprint density at radius 2 is 2.25 bits per heavy atom. The summed E-state index contributed by atoms with van der Waals surface area (Å²) in [6.07, 6.45) is 2.73. The molecule has 1 aromatic heterocycles. The smallest absolute Gasteiger partial charge is 0.358 e. The predicted molar refractivity (Wildman–Crippen MR) is 72.8 cm³/mol. The highest BCUT2D eigenvalue weighted by atomic mass is 35.5. The molecular formula is C13H9ClN4O2. The summed E-state index contributed by atoms with van der Waals surface area (Å²) in [7, 11) is 1.26. The number of carbonyl (C=O) groups is 1. The molecule has 2 rings (SSSR count). The minimum atomic E-state index is -0.585. The Bertz CT molecular complexity index is 697. The Morgan fingerprint density at radius 1 is 1.45 bits per heavy atom. The second kappa shape index (κ2) is 5.99. The summed E-state index contributed by atoms with van der Waals surface area (Å²) in [6, 6.07) is 6.79. The van der Waals surface area contributed by atoms with E-state index in [0.717, 1.165) is 0 Å². The molecule has 1 aromatic carbocycles. The van der Waals surface area contributed by atoms with Gasteiger partial charge in [0.1, 0.15) is 5.82 Å². The zero-order valence-electron chi connectivity index (χ0n) is 10.4. The van der Waals surface area contributed by atoms with Crippen molar-refractivity contribution in [2.24, 2.45) is 0 Å². The fourth-order valence-corrected chi connectivity index (χ4v) is 1.62. The van der Waals surface area contributed by atoms with Crippen molar-refractivity contribution in [3.63, 3.8) is 0 Å². The maximum absolute atomic E-state index is 11.4. The summed E-state index contributed by atoms with van der Waals surface area (Å²) in [6.45, 7) is 0. The molecular weight excluding hydrogens is 280 g/mol. The molecule has 0 aliphatic heterocycles. The van der Waals surface area contributed by atoms with Crippen LogP contribution < -0.4 is 5.32 Å². The number of hydrogen-bond donors (Lipinski definition) is 1. The van der Waals surface area contributed by atoms with Crippen LogP contribution in [0.15, 0.2) is 30.6 Å². The van der Waals surface area contributed by atoms with E-state index in [9.17, 15) is 4.79 Å². The molecule has 0 saturated carbocycles. The van der Waals surface area contributed by atoms with E-state index in [4.69, 9.17) is 16.9 Å². The molecule has 1 heterocycles. The third-order valence-electron chi connectivity index (χ3n) is 2.39. The first-order chi connectivity index (χ1) is 9.63. The van der Waals surface area contributed by atoms with Crippen LogP contribution in [-0.4, -0.2) is 23.0 Å². The Balaban J connectivity index is 2.31. The van der Waals surface area contributed by atoms with E-state index in [2.05, 4.69) is 20.0 Å². The number of nitrogens with zero attached hydrogens (tertiary/aromatic N) is 3. The summed E-state index contributed by atoms with van der Waals surface area (Å²) in [4.78, 5) is 19.3. The molecule has 2 aromatic rings. The van der Waals surface area contributed by atoms with Crippen LogP contribution in [0.3, 0.4) is 0 Å². The summed E-state index contributed by atoms with van der Waals surface area (Å²) in [5, 5.41) is 12.2. The van der Waals surface area contributed by atoms with Crippen LogP contribution in [0.2, 0.25) is 5.02 Å². The van der Waals surface area contributed by atoms with E-state index in [1.54, 1.807) is 18.2 Å². The van der Waals surface area contributed by atoms with Crippen molar-refractivity contribution in [2.45, 2.75) is 0 Å². The van der Waals surface area contributed by atoms with Gasteiger partial charge < -0.3 is 10.1 Å². The molecule has 0 radical (unpaired) electrons. The Labute approximate surface area is 120 Å². The topological polar surface area (TPSA) is 87.9 Å². The van der Waals surface area contributed by atoms with Gasteiger partial charge in [0.2, 0.25) is 0 Å². The molecule has 0 bridgehead atoms. The van der Waals surface area contributed by atoms with Crippen LogP contribution in [0.4, 0.5) is 11.5 Å². The van der Waals surface area contributed by atoms with Gasteiger partial charge in [-0.1, -0.05) is 11.6 Å². The van der Waals surface area contributed by atoms with Crippen LogP contribution in [-0.2, 0) is 4.74 Å². The number of halogens is 1. The molecule has 20 heavy (non-hydrogen) atoms. The number of methoxy groups -OCH3 is 1. The van der Waals surface area contributed by atoms with E-state index in [1.165, 1.54) is 19.5 Å². The largest absolute Gasteiger partial charge is 0.464 e. The second-order valence-electron chi connectivity index (χ2n) is 3.71. The van der Waals surface area contributed by atoms with Gasteiger partial charge in [-0.15, -0.1) is 0 Å². The number of benzene rings is 1. The summed E-state index contributed by atoms with van der Waals surface area (Å²) < 4.78 is 4.56. The van der Waals surface area contributed by atoms with Crippen LogP contribution in [0, 0.1) is 11.3 Å². The number of rotatable bonds is 3. The first kappa shape index (κ1) is 13.8. The number of ether oxygens (including phenoxy) is 1. The first-order valence-corrected chi connectivity index (χ1v) is 5.89. The summed E-state index contributed by atoms with van der Waals surface area (Å²) >= 11 is 6.02. The van der Waals surface area contributed by atoms with E-state index >= 15 is 0 Å². The SMILES string of the molecule is COC(=O)c1cncc(Nc2cc(C#N)ccc2Cl)n1. The molecule has 0 unspecified atom stereocenters. The summed E-state index contributed by atoms with van der Waals surface area (Å²) in [5.41, 5.74) is 1.03. The molecule has 0 spiro atoms. The van der Waals surface area contributed by atoms with Crippen molar-refractivity contribution >= 4 is 29.1 Å². The normalized spacial score (nSPS) is 9.65. The molecule has 0 saturated heterocycles. The van der Waals surface area contributed by atoms with Gasteiger partial charge in [0.15, 0.2) is 5.69 Å². The molecule has 1 N–H and O–H groups in total. The second-order valence-corrected chi connectivity index (χ2v) is 4.12. The zero-order valence-corrected chi connectivity index (χ0v) is 11.2. The first-order valence-electron chi connectivity index (χ1n) is 5.51. The van der Waals surface area contributed by atoms with E-state index in [1.807, 2.05) is 6.07 Å². The van der Waals surface area contributed by atoms with Crippen molar-refractivity contribution in [3.05, 3.63) is 46.9 Å². The average Bonchev–Trinajstić information content (AvgIpc) is 2.49. The number of hydrogen-bond acceptors (Lipinski definition) is 6. The van der Waals surface area contributed by atoms with Crippen molar-refractivity contribution in [1.29, 1.82) is 5.26 Å². The highest BCUT2D eigenvalue weighted by Crippen LogP contribution is 2.25.